The van der Waals surface area contributed by atoms with Crippen molar-refractivity contribution in [1.82, 2.24) is 4.98 Å². The Morgan fingerprint density at radius 1 is 1.25 bits per heavy atom. The predicted molar refractivity (Wildman–Crippen MR) is 44.7 cm³/mol. The van der Waals surface area contributed by atoms with Crippen LogP contribution in [-0.2, 0) is 42.1 Å². The van der Waals surface area contributed by atoms with Crippen molar-refractivity contribution in [3.63, 3.8) is 0 Å². The first-order valence-corrected chi connectivity index (χ1v) is 3.20. The van der Waals surface area contributed by atoms with E-state index >= 15 is 0 Å². The van der Waals surface area contributed by atoms with E-state index in [4.69, 9.17) is 0 Å². The maximum Gasteiger partial charge on any atom is 0.0302 e. The van der Waals surface area contributed by atoms with Crippen LogP contribution in [0.4, 0.5) is 0 Å². The van der Waals surface area contributed by atoms with Crippen LogP contribution in [0.25, 0.3) is 0 Å². The van der Waals surface area contributed by atoms with E-state index in [9.17, 15) is 0 Å². The molecular formula is C9H14NW2-. The molecule has 0 aliphatic heterocycles. The van der Waals surface area contributed by atoms with Crippen molar-refractivity contribution in [3.8, 4) is 0 Å². The molecule has 0 spiro atoms. The molecule has 3 heteroatoms. The van der Waals surface area contributed by atoms with E-state index in [1.165, 1.54) is 5.56 Å². The monoisotopic (exact) mass is 504 g/mol. The first-order chi connectivity index (χ1) is 4.30. The van der Waals surface area contributed by atoms with Crippen molar-refractivity contribution in [2.24, 2.45) is 0 Å². The first kappa shape index (κ1) is 18.3. The van der Waals surface area contributed by atoms with Gasteiger partial charge in [-0.2, -0.15) is 0 Å². The fraction of sp³-hybridized carbons (Fsp3) is 0.333. The van der Waals surface area contributed by atoms with E-state index < -0.39 is 0 Å². The fourth-order valence-electron chi connectivity index (χ4n) is 0.717. The number of hydrogen-bond donors (Lipinski definition) is 0. The van der Waals surface area contributed by atoms with Gasteiger partial charge >= 0.3 is 0 Å². The molecule has 12 heavy (non-hydrogen) atoms. The summed E-state index contributed by atoms with van der Waals surface area (Å²) in [6.45, 7) is 4.33. The van der Waals surface area contributed by atoms with Gasteiger partial charge in [-0.25, -0.2) is 0 Å². The predicted octanol–water partition coefficient (Wildman–Crippen LogP) is 2.65. The maximum atomic E-state index is 4.01. The van der Waals surface area contributed by atoms with E-state index in [1.807, 2.05) is 12.3 Å². The van der Waals surface area contributed by atoms with Crippen LogP contribution in [0.5, 0.6) is 0 Å². The van der Waals surface area contributed by atoms with Crippen molar-refractivity contribution in [2.45, 2.75) is 19.8 Å². The molecule has 1 heterocycles. The second-order valence-electron chi connectivity index (χ2n) is 2.44. The molecule has 0 unspecified atom stereocenters. The van der Waals surface area contributed by atoms with Gasteiger partial charge in [-0.1, -0.05) is 19.9 Å². The van der Waals surface area contributed by atoms with Gasteiger partial charge in [-0.15, -0.1) is 0 Å². The van der Waals surface area contributed by atoms with Crippen molar-refractivity contribution in [2.75, 3.05) is 0 Å². The summed E-state index contributed by atoms with van der Waals surface area (Å²) < 4.78 is 0. The number of hydrogen-bond acceptors (Lipinski definition) is 1. The molecule has 1 nitrogen and oxygen atoms in total. The standard InChI is InChI=1S/C8H11N.CH3.2W/c1-7(2)8-4-3-5-9-6-8;;;/h3-7H,1-2H3;1H3;;/q;-1;;. The maximum absolute atomic E-state index is 4.01. The van der Waals surface area contributed by atoms with Gasteiger partial charge in [0, 0.05) is 54.5 Å². The molecule has 0 N–H and O–H groups in total. The molecule has 0 atom stereocenters. The summed E-state index contributed by atoms with van der Waals surface area (Å²) in [5.41, 5.74) is 1.30. The Balaban J connectivity index is -0.000000270. The molecule has 1 aromatic heterocycles. The molecule has 0 saturated carbocycles. The van der Waals surface area contributed by atoms with E-state index in [2.05, 4.69) is 24.9 Å². The third kappa shape index (κ3) is 6.09. The van der Waals surface area contributed by atoms with Gasteiger partial charge in [0.15, 0.2) is 0 Å². The molecule has 0 bridgehead atoms. The smallest absolute Gasteiger partial charge is 0.0302 e. The van der Waals surface area contributed by atoms with Crippen LogP contribution in [0.2, 0.25) is 0 Å². The average molecular weight is 504 g/mol. The Kier molecular flexibility index (Phi) is 14.7. The number of nitrogens with zero attached hydrogens (tertiary/aromatic N) is 1. The Labute approximate surface area is 104 Å². The zero-order chi connectivity index (χ0) is 6.69. The largest absolute Gasteiger partial charge is 0.358 e. The van der Waals surface area contributed by atoms with Crippen LogP contribution in [0.3, 0.4) is 0 Å². The van der Waals surface area contributed by atoms with Crippen molar-refractivity contribution < 1.29 is 42.1 Å². The van der Waals surface area contributed by atoms with Gasteiger partial charge in [0.25, 0.3) is 0 Å². The van der Waals surface area contributed by atoms with Gasteiger partial charge in [-0.3, -0.25) is 4.98 Å². The van der Waals surface area contributed by atoms with Crippen LogP contribution >= 0.6 is 0 Å². The molecular weight excluding hydrogens is 490 g/mol. The molecule has 0 radical (unpaired) electrons. The molecule has 0 fully saturated rings. The molecule has 0 amide bonds. The molecule has 1 aromatic rings. The van der Waals surface area contributed by atoms with E-state index in [0.717, 1.165) is 0 Å². The van der Waals surface area contributed by atoms with Gasteiger partial charge in [0.1, 0.15) is 0 Å². The normalized spacial score (nSPS) is 7.58. The van der Waals surface area contributed by atoms with Crippen molar-refractivity contribution >= 4 is 0 Å². The minimum atomic E-state index is 0. The first-order valence-electron chi connectivity index (χ1n) is 3.20. The Morgan fingerprint density at radius 3 is 2.08 bits per heavy atom. The van der Waals surface area contributed by atoms with E-state index in [-0.39, 0.29) is 49.6 Å². The van der Waals surface area contributed by atoms with Crippen LogP contribution in [0.15, 0.2) is 24.5 Å². The van der Waals surface area contributed by atoms with Crippen molar-refractivity contribution in [3.05, 3.63) is 37.5 Å². The second-order valence-corrected chi connectivity index (χ2v) is 2.44. The van der Waals surface area contributed by atoms with Gasteiger partial charge < -0.3 is 7.43 Å². The zero-order valence-electron chi connectivity index (χ0n) is 7.65. The van der Waals surface area contributed by atoms with Crippen molar-refractivity contribution in [1.29, 1.82) is 0 Å². The Bertz CT molecular complexity index is 175. The Morgan fingerprint density at radius 2 is 1.83 bits per heavy atom. The minimum absolute atomic E-state index is 0. The SMILES string of the molecule is CC(C)c1cccnc1.[CH3-].[W].[W]. The molecule has 0 aliphatic carbocycles. The Hall–Kier alpha value is 0.527. The number of aromatic nitrogens is 1. The van der Waals surface area contributed by atoms with Crippen LogP contribution in [0, 0.1) is 7.43 Å². The quantitative estimate of drug-likeness (QED) is 0.537. The summed E-state index contributed by atoms with van der Waals surface area (Å²) in [5, 5.41) is 0. The van der Waals surface area contributed by atoms with Gasteiger partial charge in [0.2, 0.25) is 0 Å². The molecule has 0 aliphatic rings. The average Bonchev–Trinajstić information content (AvgIpc) is 1.90. The summed E-state index contributed by atoms with van der Waals surface area (Å²) in [6.07, 6.45) is 3.70. The number of rotatable bonds is 1. The van der Waals surface area contributed by atoms with Crippen LogP contribution in [0.1, 0.15) is 25.3 Å². The summed E-state index contributed by atoms with van der Waals surface area (Å²) in [4.78, 5) is 4.01. The van der Waals surface area contributed by atoms with Gasteiger partial charge in [-0.05, 0) is 17.5 Å². The number of pyridine rings is 1. The molecule has 68 valence electrons. The second kappa shape index (κ2) is 9.61. The van der Waals surface area contributed by atoms with E-state index in [0.29, 0.717) is 5.92 Å². The third-order valence-corrected chi connectivity index (χ3v) is 1.35. The summed E-state index contributed by atoms with van der Waals surface area (Å²) in [5.74, 6) is 0.596. The fourth-order valence-corrected chi connectivity index (χ4v) is 0.717. The summed E-state index contributed by atoms with van der Waals surface area (Å²) in [6, 6.07) is 4.06. The summed E-state index contributed by atoms with van der Waals surface area (Å²) in [7, 11) is 0. The third-order valence-electron chi connectivity index (χ3n) is 1.35. The van der Waals surface area contributed by atoms with Crippen LogP contribution < -0.4 is 0 Å². The zero-order valence-corrected chi connectivity index (χ0v) is 13.5. The van der Waals surface area contributed by atoms with E-state index in [1.54, 1.807) is 6.20 Å². The summed E-state index contributed by atoms with van der Waals surface area (Å²) >= 11 is 0. The molecule has 0 saturated heterocycles. The topological polar surface area (TPSA) is 12.9 Å². The van der Waals surface area contributed by atoms with Crippen LogP contribution in [-0.4, -0.2) is 4.98 Å². The minimum Gasteiger partial charge on any atom is -0.358 e. The molecule has 1 rings (SSSR count). The molecule has 0 aromatic carbocycles. The van der Waals surface area contributed by atoms with Gasteiger partial charge in [0.05, 0.1) is 0 Å².